The Morgan fingerprint density at radius 1 is 1.64 bits per heavy atom. The first kappa shape index (κ1) is 8.68. The Bertz CT molecular complexity index is 218. The zero-order valence-corrected chi connectivity index (χ0v) is 7.65. The quantitative estimate of drug-likeness (QED) is 0.755. The highest BCUT2D eigenvalue weighted by Gasteiger charge is 2.10. The van der Waals surface area contributed by atoms with Crippen LogP contribution in [0.5, 0.6) is 0 Å². The fraction of sp³-hybridized carbons (Fsp3) is 0.500. The first-order valence-corrected chi connectivity index (χ1v) is 4.86. The van der Waals surface area contributed by atoms with Gasteiger partial charge in [-0.2, -0.15) is 11.8 Å². The minimum atomic E-state index is 0.309. The van der Waals surface area contributed by atoms with Crippen molar-refractivity contribution >= 4 is 11.8 Å². The number of nitrogens with two attached hydrogens (primary N) is 1. The van der Waals surface area contributed by atoms with Gasteiger partial charge in [0.25, 0.3) is 0 Å². The third-order valence-electron chi connectivity index (χ3n) is 1.58. The Kier molecular flexibility index (Phi) is 3.02. The van der Waals surface area contributed by atoms with Gasteiger partial charge in [0.2, 0.25) is 0 Å². The second-order valence-corrected chi connectivity index (χ2v) is 3.45. The van der Waals surface area contributed by atoms with E-state index < -0.39 is 0 Å². The molecule has 0 fully saturated rings. The summed E-state index contributed by atoms with van der Waals surface area (Å²) in [6.45, 7) is 2.57. The Morgan fingerprint density at radius 3 is 2.73 bits per heavy atom. The molecule has 0 bridgehead atoms. The molecular formula is C8H13NOS. The Balaban J connectivity index is 2.73. The van der Waals surface area contributed by atoms with Gasteiger partial charge in [0.15, 0.2) is 0 Å². The number of aryl methyl sites for hydroxylation is 1. The minimum Gasteiger partial charge on any atom is -0.465 e. The average molecular weight is 171 g/mol. The molecule has 0 aromatic carbocycles. The lowest BCUT2D eigenvalue weighted by molar-refractivity contribution is 0.481. The van der Waals surface area contributed by atoms with Crippen LogP contribution in [0.4, 0.5) is 0 Å². The largest absolute Gasteiger partial charge is 0.465 e. The third kappa shape index (κ3) is 2.01. The molecule has 3 heteroatoms. The Labute approximate surface area is 71.1 Å². The van der Waals surface area contributed by atoms with E-state index in [2.05, 4.69) is 0 Å². The van der Waals surface area contributed by atoms with Gasteiger partial charge in [-0.3, -0.25) is 0 Å². The fourth-order valence-corrected chi connectivity index (χ4v) is 1.51. The molecule has 1 aromatic rings. The van der Waals surface area contributed by atoms with Crippen LogP contribution >= 0.6 is 11.8 Å². The molecule has 11 heavy (non-hydrogen) atoms. The van der Waals surface area contributed by atoms with E-state index in [-0.39, 0.29) is 0 Å². The van der Waals surface area contributed by atoms with Crippen molar-refractivity contribution in [3.8, 4) is 0 Å². The zero-order chi connectivity index (χ0) is 8.27. The molecule has 1 atom stereocenters. The second-order valence-electron chi connectivity index (χ2n) is 2.41. The predicted molar refractivity (Wildman–Crippen MR) is 48.8 cm³/mol. The maximum absolute atomic E-state index is 5.54. The van der Waals surface area contributed by atoms with Crippen molar-refractivity contribution < 1.29 is 4.42 Å². The first-order chi connectivity index (χ1) is 5.27. The highest BCUT2D eigenvalue weighted by Crippen LogP contribution is 2.26. The van der Waals surface area contributed by atoms with Crippen molar-refractivity contribution in [3.05, 3.63) is 23.7 Å². The molecule has 0 radical (unpaired) electrons. The third-order valence-corrected chi connectivity index (χ3v) is 2.57. The average Bonchev–Trinajstić information content (AvgIpc) is 2.39. The second kappa shape index (κ2) is 3.83. The van der Waals surface area contributed by atoms with Gasteiger partial charge in [0, 0.05) is 6.54 Å². The SMILES string of the molecule is CSC(CN)c1ccc(C)o1. The summed E-state index contributed by atoms with van der Waals surface area (Å²) in [5.41, 5.74) is 5.54. The van der Waals surface area contributed by atoms with E-state index in [0.29, 0.717) is 11.8 Å². The summed E-state index contributed by atoms with van der Waals surface area (Å²) in [5.74, 6) is 1.94. The zero-order valence-electron chi connectivity index (χ0n) is 6.83. The summed E-state index contributed by atoms with van der Waals surface area (Å²) in [6, 6.07) is 3.96. The molecule has 0 amide bonds. The van der Waals surface area contributed by atoms with Crippen LogP contribution in [0.25, 0.3) is 0 Å². The van der Waals surface area contributed by atoms with Gasteiger partial charge < -0.3 is 10.2 Å². The predicted octanol–water partition coefficient (Wildman–Crippen LogP) is 1.95. The Morgan fingerprint density at radius 2 is 2.36 bits per heavy atom. The van der Waals surface area contributed by atoms with Crippen LogP contribution in [0.1, 0.15) is 16.8 Å². The van der Waals surface area contributed by atoms with Gasteiger partial charge in [-0.05, 0) is 25.3 Å². The summed E-state index contributed by atoms with van der Waals surface area (Å²) in [7, 11) is 0. The molecule has 2 N–H and O–H groups in total. The lowest BCUT2D eigenvalue weighted by Gasteiger charge is -2.06. The molecule has 0 aliphatic heterocycles. The van der Waals surface area contributed by atoms with Crippen LogP contribution in [-0.4, -0.2) is 12.8 Å². The fourth-order valence-electron chi connectivity index (χ4n) is 0.955. The standard InChI is InChI=1S/C8H13NOS/c1-6-3-4-7(10-6)8(5-9)11-2/h3-4,8H,5,9H2,1-2H3. The summed E-state index contributed by atoms with van der Waals surface area (Å²) in [4.78, 5) is 0. The molecule has 62 valence electrons. The van der Waals surface area contributed by atoms with Crippen molar-refractivity contribution in [2.75, 3.05) is 12.8 Å². The smallest absolute Gasteiger partial charge is 0.118 e. The lowest BCUT2D eigenvalue weighted by Crippen LogP contribution is -2.07. The number of rotatable bonds is 3. The molecule has 1 rings (SSSR count). The van der Waals surface area contributed by atoms with E-state index in [1.807, 2.05) is 25.3 Å². The number of thioether (sulfide) groups is 1. The van der Waals surface area contributed by atoms with E-state index in [1.165, 1.54) is 0 Å². The van der Waals surface area contributed by atoms with Gasteiger partial charge in [-0.15, -0.1) is 0 Å². The van der Waals surface area contributed by atoms with Crippen molar-refractivity contribution in [2.45, 2.75) is 12.2 Å². The number of furan rings is 1. The topological polar surface area (TPSA) is 39.2 Å². The first-order valence-electron chi connectivity index (χ1n) is 3.57. The maximum Gasteiger partial charge on any atom is 0.118 e. The highest BCUT2D eigenvalue weighted by atomic mass is 32.2. The van der Waals surface area contributed by atoms with E-state index in [0.717, 1.165) is 11.5 Å². The van der Waals surface area contributed by atoms with Gasteiger partial charge in [-0.1, -0.05) is 0 Å². The van der Waals surface area contributed by atoms with Gasteiger partial charge in [0.1, 0.15) is 11.5 Å². The molecule has 1 aromatic heterocycles. The van der Waals surface area contributed by atoms with Gasteiger partial charge >= 0.3 is 0 Å². The minimum absolute atomic E-state index is 0.309. The van der Waals surface area contributed by atoms with Crippen molar-refractivity contribution in [1.82, 2.24) is 0 Å². The lowest BCUT2D eigenvalue weighted by atomic mass is 10.3. The van der Waals surface area contributed by atoms with Crippen molar-refractivity contribution in [3.63, 3.8) is 0 Å². The molecule has 2 nitrogen and oxygen atoms in total. The van der Waals surface area contributed by atoms with Gasteiger partial charge in [-0.25, -0.2) is 0 Å². The summed E-state index contributed by atoms with van der Waals surface area (Å²) in [5, 5.41) is 0.309. The molecule has 0 saturated carbocycles. The normalized spacial score (nSPS) is 13.4. The summed E-state index contributed by atoms with van der Waals surface area (Å²) in [6.07, 6.45) is 2.04. The number of hydrogen-bond donors (Lipinski definition) is 1. The van der Waals surface area contributed by atoms with Crippen LogP contribution in [0.2, 0.25) is 0 Å². The van der Waals surface area contributed by atoms with Crippen molar-refractivity contribution in [2.24, 2.45) is 5.73 Å². The van der Waals surface area contributed by atoms with Crippen LogP contribution in [-0.2, 0) is 0 Å². The summed E-state index contributed by atoms with van der Waals surface area (Å²) >= 11 is 1.72. The molecule has 1 unspecified atom stereocenters. The summed E-state index contributed by atoms with van der Waals surface area (Å²) < 4.78 is 5.43. The molecule has 0 saturated heterocycles. The Hall–Kier alpha value is -0.410. The van der Waals surface area contributed by atoms with E-state index in [4.69, 9.17) is 10.2 Å². The van der Waals surface area contributed by atoms with Gasteiger partial charge in [0.05, 0.1) is 5.25 Å². The van der Waals surface area contributed by atoms with Crippen LogP contribution in [0.3, 0.4) is 0 Å². The number of hydrogen-bond acceptors (Lipinski definition) is 3. The molecule has 1 heterocycles. The van der Waals surface area contributed by atoms with E-state index >= 15 is 0 Å². The van der Waals surface area contributed by atoms with Crippen LogP contribution in [0, 0.1) is 6.92 Å². The molecular weight excluding hydrogens is 158 g/mol. The van der Waals surface area contributed by atoms with E-state index in [9.17, 15) is 0 Å². The maximum atomic E-state index is 5.54. The van der Waals surface area contributed by atoms with Crippen molar-refractivity contribution in [1.29, 1.82) is 0 Å². The van der Waals surface area contributed by atoms with Crippen LogP contribution in [0.15, 0.2) is 16.5 Å². The molecule has 0 spiro atoms. The monoisotopic (exact) mass is 171 g/mol. The highest BCUT2D eigenvalue weighted by molar-refractivity contribution is 7.98. The molecule has 0 aliphatic rings. The molecule has 0 aliphatic carbocycles. The van der Waals surface area contributed by atoms with Crippen LogP contribution < -0.4 is 5.73 Å². The van der Waals surface area contributed by atoms with E-state index in [1.54, 1.807) is 11.8 Å².